The van der Waals surface area contributed by atoms with Crippen LogP contribution >= 0.6 is 11.6 Å². The molecule has 0 fully saturated rings. The van der Waals surface area contributed by atoms with Gasteiger partial charge in [0.2, 0.25) is 5.91 Å². The summed E-state index contributed by atoms with van der Waals surface area (Å²) in [5, 5.41) is 15.1. The maximum Gasteiger partial charge on any atom is 0.305 e. The number of nitrogens with one attached hydrogen (secondary N) is 2. The lowest BCUT2D eigenvalue weighted by Gasteiger charge is -2.23. The van der Waals surface area contributed by atoms with Crippen molar-refractivity contribution in [2.45, 2.75) is 44.7 Å². The van der Waals surface area contributed by atoms with Gasteiger partial charge in [0.1, 0.15) is 6.04 Å². The van der Waals surface area contributed by atoms with Gasteiger partial charge in [-0.25, -0.2) is 0 Å². The number of halogens is 1. The first kappa shape index (κ1) is 22.4. The summed E-state index contributed by atoms with van der Waals surface area (Å²) in [5.41, 5.74) is 1.27. The Hall–Kier alpha value is -2.86. The zero-order chi connectivity index (χ0) is 21.2. The van der Waals surface area contributed by atoms with Gasteiger partial charge in [0.05, 0.1) is 6.42 Å². The molecule has 0 aliphatic carbocycles. The van der Waals surface area contributed by atoms with Crippen LogP contribution in [0.4, 0.5) is 0 Å². The highest BCUT2D eigenvalue weighted by molar-refractivity contribution is 6.30. The molecule has 2 atom stereocenters. The normalized spacial score (nSPS) is 12.6. The second-order valence-electron chi connectivity index (χ2n) is 6.81. The molecule has 2 aromatic carbocycles. The standard InChI is InChI=1S/C22H25ClN2O4/c1-2-6-18(14-20(26)27)24-22(29)19(13-15-7-4-3-5-8-15)25-21(28)16-9-11-17(23)12-10-16/h3-5,7-12,18-19H,2,6,13-14H2,1H3,(H,24,29)(H,25,28)(H,26,27)/t18-,19-/m0/s1. The van der Waals surface area contributed by atoms with Crippen LogP contribution in [-0.4, -0.2) is 35.0 Å². The summed E-state index contributed by atoms with van der Waals surface area (Å²) in [6.45, 7) is 1.92. The van der Waals surface area contributed by atoms with Crippen LogP contribution in [0.5, 0.6) is 0 Å². The van der Waals surface area contributed by atoms with Gasteiger partial charge in [-0.05, 0) is 36.2 Å². The first-order valence-electron chi connectivity index (χ1n) is 9.51. The van der Waals surface area contributed by atoms with Crippen molar-refractivity contribution < 1.29 is 19.5 Å². The van der Waals surface area contributed by atoms with E-state index in [1.54, 1.807) is 24.3 Å². The Morgan fingerprint density at radius 2 is 1.66 bits per heavy atom. The molecule has 2 aromatic rings. The summed E-state index contributed by atoms with van der Waals surface area (Å²) < 4.78 is 0. The highest BCUT2D eigenvalue weighted by Gasteiger charge is 2.25. The third-order valence-corrected chi connectivity index (χ3v) is 4.67. The van der Waals surface area contributed by atoms with Crippen molar-refractivity contribution >= 4 is 29.4 Å². The number of hydrogen-bond donors (Lipinski definition) is 3. The fourth-order valence-electron chi connectivity index (χ4n) is 2.99. The van der Waals surface area contributed by atoms with Crippen molar-refractivity contribution in [1.82, 2.24) is 10.6 Å². The van der Waals surface area contributed by atoms with Crippen molar-refractivity contribution in [3.8, 4) is 0 Å². The molecule has 0 heterocycles. The van der Waals surface area contributed by atoms with Gasteiger partial charge in [-0.2, -0.15) is 0 Å². The number of hydrogen-bond acceptors (Lipinski definition) is 3. The van der Waals surface area contributed by atoms with Crippen molar-refractivity contribution in [3.63, 3.8) is 0 Å². The van der Waals surface area contributed by atoms with E-state index in [4.69, 9.17) is 16.7 Å². The predicted octanol–water partition coefficient (Wildman–Crippen LogP) is 3.44. The molecule has 0 radical (unpaired) electrons. The minimum atomic E-state index is -0.978. The van der Waals surface area contributed by atoms with Gasteiger partial charge in [-0.15, -0.1) is 0 Å². The predicted molar refractivity (Wildman–Crippen MR) is 112 cm³/mol. The fraction of sp³-hybridized carbons (Fsp3) is 0.318. The van der Waals surface area contributed by atoms with Gasteiger partial charge in [-0.1, -0.05) is 55.3 Å². The van der Waals surface area contributed by atoms with Gasteiger partial charge in [-0.3, -0.25) is 14.4 Å². The van der Waals surface area contributed by atoms with Crippen LogP contribution in [0.2, 0.25) is 5.02 Å². The molecule has 0 saturated carbocycles. The van der Waals surface area contributed by atoms with Crippen molar-refractivity contribution in [2.75, 3.05) is 0 Å². The zero-order valence-electron chi connectivity index (χ0n) is 16.2. The highest BCUT2D eigenvalue weighted by Crippen LogP contribution is 2.11. The number of benzene rings is 2. The molecule has 7 heteroatoms. The Morgan fingerprint density at radius 1 is 1.00 bits per heavy atom. The topological polar surface area (TPSA) is 95.5 Å². The summed E-state index contributed by atoms with van der Waals surface area (Å²) in [7, 11) is 0. The molecule has 2 rings (SSSR count). The fourth-order valence-corrected chi connectivity index (χ4v) is 3.11. The van der Waals surface area contributed by atoms with Crippen LogP contribution in [0, 0.1) is 0 Å². The van der Waals surface area contributed by atoms with Crippen molar-refractivity contribution in [2.24, 2.45) is 0 Å². The smallest absolute Gasteiger partial charge is 0.305 e. The van der Waals surface area contributed by atoms with Crippen molar-refractivity contribution in [3.05, 3.63) is 70.7 Å². The van der Waals surface area contributed by atoms with Gasteiger partial charge in [0.15, 0.2) is 0 Å². The number of carbonyl (C=O) groups is 3. The summed E-state index contributed by atoms with van der Waals surface area (Å²) in [6.07, 6.45) is 1.40. The van der Waals surface area contributed by atoms with Crippen LogP contribution < -0.4 is 10.6 Å². The van der Waals surface area contributed by atoms with E-state index in [0.717, 1.165) is 12.0 Å². The average molecular weight is 417 g/mol. The lowest BCUT2D eigenvalue weighted by molar-refractivity contribution is -0.137. The number of carboxylic acids is 1. The summed E-state index contributed by atoms with van der Waals surface area (Å²) in [4.78, 5) is 36.6. The largest absolute Gasteiger partial charge is 0.481 e. The van der Waals surface area contributed by atoms with E-state index in [9.17, 15) is 14.4 Å². The third-order valence-electron chi connectivity index (χ3n) is 4.42. The molecular formula is C22H25ClN2O4. The Morgan fingerprint density at radius 3 is 2.24 bits per heavy atom. The molecular weight excluding hydrogens is 392 g/mol. The zero-order valence-corrected chi connectivity index (χ0v) is 17.0. The molecule has 0 unspecified atom stereocenters. The molecule has 2 amide bonds. The van der Waals surface area contributed by atoms with Gasteiger partial charge < -0.3 is 15.7 Å². The minimum absolute atomic E-state index is 0.164. The van der Waals surface area contributed by atoms with Crippen LogP contribution in [0.15, 0.2) is 54.6 Å². The SMILES string of the molecule is CCC[C@@H](CC(=O)O)NC(=O)[C@H](Cc1ccccc1)NC(=O)c1ccc(Cl)cc1. The van der Waals surface area contributed by atoms with E-state index in [0.29, 0.717) is 17.0 Å². The van der Waals surface area contributed by atoms with Crippen molar-refractivity contribution in [1.29, 1.82) is 0 Å². The third kappa shape index (κ3) is 7.58. The second-order valence-corrected chi connectivity index (χ2v) is 7.25. The van der Waals surface area contributed by atoms with E-state index in [2.05, 4.69) is 10.6 Å². The monoisotopic (exact) mass is 416 g/mol. The van der Waals surface area contributed by atoms with Gasteiger partial charge >= 0.3 is 5.97 Å². The number of carboxylic acid groups (broad SMARTS) is 1. The van der Waals surface area contributed by atoms with Crippen LogP contribution in [0.3, 0.4) is 0 Å². The van der Waals surface area contributed by atoms with E-state index >= 15 is 0 Å². The summed E-state index contributed by atoms with van der Waals surface area (Å²) in [5.74, 6) is -1.78. The Kier molecular flexibility index (Phi) is 8.68. The summed E-state index contributed by atoms with van der Waals surface area (Å²) in [6, 6.07) is 14.4. The first-order valence-corrected chi connectivity index (χ1v) is 9.89. The number of aliphatic carboxylic acids is 1. The van der Waals surface area contributed by atoms with E-state index in [1.165, 1.54) is 0 Å². The number of carbonyl (C=O) groups excluding carboxylic acids is 2. The molecule has 0 spiro atoms. The molecule has 0 aliphatic rings. The molecule has 0 aromatic heterocycles. The molecule has 154 valence electrons. The molecule has 3 N–H and O–H groups in total. The van der Waals surface area contributed by atoms with Crippen LogP contribution in [0.1, 0.15) is 42.1 Å². The van der Waals surface area contributed by atoms with Crippen LogP contribution in [0.25, 0.3) is 0 Å². The maximum atomic E-state index is 12.9. The first-order chi connectivity index (χ1) is 13.9. The average Bonchev–Trinajstić information content (AvgIpc) is 2.68. The summed E-state index contributed by atoms with van der Waals surface area (Å²) >= 11 is 5.86. The molecule has 6 nitrogen and oxygen atoms in total. The molecule has 29 heavy (non-hydrogen) atoms. The van der Waals surface area contributed by atoms with Gasteiger partial charge in [0, 0.05) is 23.0 Å². The Labute approximate surface area is 175 Å². The Bertz CT molecular complexity index is 824. The molecule has 0 bridgehead atoms. The molecule has 0 aliphatic heterocycles. The Balaban J connectivity index is 2.16. The second kappa shape index (κ2) is 11.2. The minimum Gasteiger partial charge on any atom is -0.481 e. The van der Waals surface area contributed by atoms with E-state index in [-0.39, 0.29) is 12.8 Å². The highest BCUT2D eigenvalue weighted by atomic mass is 35.5. The lowest BCUT2D eigenvalue weighted by atomic mass is 10.0. The number of amides is 2. The van der Waals surface area contributed by atoms with E-state index in [1.807, 2.05) is 37.3 Å². The lowest BCUT2D eigenvalue weighted by Crippen LogP contribution is -2.51. The maximum absolute atomic E-state index is 12.9. The van der Waals surface area contributed by atoms with Gasteiger partial charge in [0.25, 0.3) is 5.91 Å². The quantitative estimate of drug-likeness (QED) is 0.552. The van der Waals surface area contributed by atoms with E-state index < -0.39 is 29.9 Å². The number of rotatable bonds is 10. The molecule has 0 saturated heterocycles. The van der Waals surface area contributed by atoms with Crippen LogP contribution in [-0.2, 0) is 16.0 Å².